The number of ether oxygens (including phenoxy) is 2. The Balaban J connectivity index is 1.73. The summed E-state index contributed by atoms with van der Waals surface area (Å²) >= 11 is 0. The van der Waals surface area contributed by atoms with Gasteiger partial charge in [-0.15, -0.1) is 0 Å². The third kappa shape index (κ3) is 3.95. The minimum atomic E-state index is -0.180. The van der Waals surface area contributed by atoms with Gasteiger partial charge in [-0.25, -0.2) is 9.97 Å². The molecule has 0 saturated heterocycles. The molecule has 7 nitrogen and oxygen atoms in total. The van der Waals surface area contributed by atoms with E-state index >= 15 is 0 Å². The topological polar surface area (TPSA) is 80.3 Å². The van der Waals surface area contributed by atoms with Crippen molar-refractivity contribution in [1.82, 2.24) is 19.9 Å². The molecular formula is C18H20N4O3. The van der Waals surface area contributed by atoms with E-state index in [1.165, 1.54) is 0 Å². The fourth-order valence-corrected chi connectivity index (χ4v) is 2.47. The van der Waals surface area contributed by atoms with Gasteiger partial charge in [0, 0.05) is 20.4 Å². The van der Waals surface area contributed by atoms with Crippen LogP contribution in [0.25, 0.3) is 11.0 Å². The van der Waals surface area contributed by atoms with Crippen molar-refractivity contribution in [2.45, 2.75) is 6.54 Å². The van der Waals surface area contributed by atoms with E-state index in [0.717, 1.165) is 16.9 Å². The van der Waals surface area contributed by atoms with Gasteiger partial charge in [-0.05, 0) is 24.3 Å². The number of aromatic amines is 1. The maximum absolute atomic E-state index is 12.8. The number of amides is 1. The molecule has 2 heterocycles. The number of carbonyl (C=O) groups excluding carboxylic acids is 1. The Hall–Kier alpha value is -2.93. The first-order valence-electron chi connectivity index (χ1n) is 7.95. The fraction of sp³-hybridized carbons (Fsp3) is 0.278. The summed E-state index contributed by atoms with van der Waals surface area (Å²) < 4.78 is 10.5. The average molecular weight is 340 g/mol. The van der Waals surface area contributed by atoms with Crippen LogP contribution in [0.5, 0.6) is 5.88 Å². The number of nitrogens with zero attached hydrogens (tertiary/aromatic N) is 3. The Kier molecular flexibility index (Phi) is 5.25. The Labute approximate surface area is 145 Å². The molecule has 25 heavy (non-hydrogen) atoms. The van der Waals surface area contributed by atoms with Crippen LogP contribution < -0.4 is 4.74 Å². The first kappa shape index (κ1) is 16.9. The minimum Gasteiger partial charge on any atom is -0.475 e. The van der Waals surface area contributed by atoms with Crippen LogP contribution in [0.1, 0.15) is 16.2 Å². The van der Waals surface area contributed by atoms with Crippen molar-refractivity contribution in [1.29, 1.82) is 0 Å². The Morgan fingerprint density at radius 1 is 1.20 bits per heavy atom. The van der Waals surface area contributed by atoms with Crippen molar-refractivity contribution in [3.63, 3.8) is 0 Å². The predicted molar refractivity (Wildman–Crippen MR) is 93.5 cm³/mol. The van der Waals surface area contributed by atoms with Gasteiger partial charge in [0.2, 0.25) is 5.88 Å². The summed E-state index contributed by atoms with van der Waals surface area (Å²) in [6.07, 6.45) is 1.60. The molecule has 3 rings (SSSR count). The number of aromatic nitrogens is 3. The molecule has 3 aromatic rings. The molecule has 0 atom stereocenters. The third-order valence-electron chi connectivity index (χ3n) is 3.70. The second-order valence-electron chi connectivity index (χ2n) is 5.56. The molecule has 0 unspecified atom stereocenters. The summed E-state index contributed by atoms with van der Waals surface area (Å²) in [6.45, 7) is 1.13. The maximum Gasteiger partial charge on any atom is 0.259 e. The van der Waals surface area contributed by atoms with Crippen LogP contribution in [-0.2, 0) is 11.3 Å². The standard InChI is InChI=1S/C18H20N4O3/c1-22(12-16-20-14-7-3-4-8-15(14)21-16)18(23)13-6-5-9-19-17(13)25-11-10-24-2/h3-9H,10-12H2,1-2H3,(H,20,21). The fourth-order valence-electron chi connectivity index (χ4n) is 2.47. The maximum atomic E-state index is 12.8. The number of methoxy groups -OCH3 is 1. The van der Waals surface area contributed by atoms with Crippen LogP contribution >= 0.6 is 0 Å². The van der Waals surface area contributed by atoms with Gasteiger partial charge in [0.15, 0.2) is 0 Å². The SMILES string of the molecule is COCCOc1ncccc1C(=O)N(C)Cc1nc2ccccc2[nH]1. The molecule has 0 spiro atoms. The molecule has 0 saturated carbocycles. The Bertz CT molecular complexity index is 829. The number of pyridine rings is 1. The zero-order valence-electron chi connectivity index (χ0n) is 14.2. The van der Waals surface area contributed by atoms with Gasteiger partial charge in [-0.3, -0.25) is 4.79 Å². The quantitative estimate of drug-likeness (QED) is 0.667. The number of imidazole rings is 1. The molecule has 0 aliphatic rings. The first-order chi connectivity index (χ1) is 12.2. The van der Waals surface area contributed by atoms with Crippen LogP contribution in [0.4, 0.5) is 0 Å². The number of rotatable bonds is 7. The Morgan fingerprint density at radius 2 is 2.04 bits per heavy atom. The van der Waals surface area contributed by atoms with E-state index in [2.05, 4.69) is 15.0 Å². The van der Waals surface area contributed by atoms with Gasteiger partial charge in [-0.2, -0.15) is 0 Å². The summed E-state index contributed by atoms with van der Waals surface area (Å²) in [5.41, 5.74) is 2.24. The van der Waals surface area contributed by atoms with Gasteiger partial charge in [-0.1, -0.05) is 12.1 Å². The average Bonchev–Trinajstić information content (AvgIpc) is 3.04. The lowest BCUT2D eigenvalue weighted by Crippen LogP contribution is -2.27. The summed E-state index contributed by atoms with van der Waals surface area (Å²) in [5, 5.41) is 0. The van der Waals surface area contributed by atoms with Crippen LogP contribution in [-0.4, -0.2) is 53.1 Å². The molecular weight excluding hydrogens is 320 g/mol. The van der Waals surface area contributed by atoms with E-state index in [4.69, 9.17) is 9.47 Å². The van der Waals surface area contributed by atoms with Crippen molar-refractivity contribution >= 4 is 16.9 Å². The molecule has 0 fully saturated rings. The van der Waals surface area contributed by atoms with Gasteiger partial charge in [0.05, 0.1) is 24.2 Å². The van der Waals surface area contributed by atoms with Crippen LogP contribution in [0, 0.1) is 0 Å². The molecule has 0 radical (unpaired) electrons. The first-order valence-corrected chi connectivity index (χ1v) is 7.95. The molecule has 0 aliphatic heterocycles. The van der Waals surface area contributed by atoms with Crippen molar-refractivity contribution in [3.8, 4) is 5.88 Å². The summed E-state index contributed by atoms with van der Waals surface area (Å²) in [5.74, 6) is 0.852. The highest BCUT2D eigenvalue weighted by molar-refractivity contribution is 5.96. The zero-order chi connectivity index (χ0) is 17.6. The third-order valence-corrected chi connectivity index (χ3v) is 3.70. The lowest BCUT2D eigenvalue weighted by Gasteiger charge is -2.17. The molecule has 0 aliphatic carbocycles. The number of H-pyrrole nitrogens is 1. The number of hydrogen-bond donors (Lipinski definition) is 1. The number of benzene rings is 1. The lowest BCUT2D eigenvalue weighted by atomic mass is 10.2. The predicted octanol–water partition coefficient (Wildman–Crippen LogP) is 2.26. The summed E-state index contributed by atoms with van der Waals surface area (Å²) in [6, 6.07) is 11.2. The number of hydrogen-bond acceptors (Lipinski definition) is 5. The van der Waals surface area contributed by atoms with E-state index in [-0.39, 0.29) is 5.91 Å². The van der Waals surface area contributed by atoms with Gasteiger partial charge >= 0.3 is 0 Å². The Morgan fingerprint density at radius 3 is 2.84 bits per heavy atom. The smallest absolute Gasteiger partial charge is 0.259 e. The molecule has 1 aromatic carbocycles. The molecule has 1 amide bonds. The second kappa shape index (κ2) is 7.76. The van der Waals surface area contributed by atoms with Gasteiger partial charge < -0.3 is 19.4 Å². The normalized spacial score (nSPS) is 10.8. The lowest BCUT2D eigenvalue weighted by molar-refractivity contribution is 0.0773. The number of carbonyl (C=O) groups is 1. The van der Waals surface area contributed by atoms with Crippen LogP contribution in [0.15, 0.2) is 42.6 Å². The van der Waals surface area contributed by atoms with E-state index in [0.29, 0.717) is 31.2 Å². The van der Waals surface area contributed by atoms with Crippen LogP contribution in [0.2, 0.25) is 0 Å². The highest BCUT2D eigenvalue weighted by Crippen LogP contribution is 2.18. The van der Waals surface area contributed by atoms with E-state index in [1.807, 2.05) is 24.3 Å². The number of para-hydroxylation sites is 2. The molecule has 7 heteroatoms. The summed E-state index contributed by atoms with van der Waals surface area (Å²) in [7, 11) is 3.32. The van der Waals surface area contributed by atoms with E-state index in [1.54, 1.807) is 37.4 Å². The van der Waals surface area contributed by atoms with Crippen molar-refractivity contribution in [2.24, 2.45) is 0 Å². The summed E-state index contributed by atoms with van der Waals surface area (Å²) in [4.78, 5) is 26.2. The van der Waals surface area contributed by atoms with Crippen molar-refractivity contribution < 1.29 is 14.3 Å². The molecule has 2 aromatic heterocycles. The minimum absolute atomic E-state index is 0.180. The second-order valence-corrected chi connectivity index (χ2v) is 5.56. The zero-order valence-corrected chi connectivity index (χ0v) is 14.2. The number of nitrogens with one attached hydrogen (secondary N) is 1. The molecule has 0 bridgehead atoms. The molecule has 130 valence electrons. The van der Waals surface area contributed by atoms with Crippen molar-refractivity contribution in [2.75, 3.05) is 27.4 Å². The highest BCUT2D eigenvalue weighted by Gasteiger charge is 2.19. The van der Waals surface area contributed by atoms with Crippen LogP contribution in [0.3, 0.4) is 0 Å². The van der Waals surface area contributed by atoms with Gasteiger partial charge in [0.25, 0.3) is 5.91 Å². The largest absolute Gasteiger partial charge is 0.475 e. The monoisotopic (exact) mass is 340 g/mol. The number of fused-ring (bicyclic) bond motifs is 1. The van der Waals surface area contributed by atoms with Gasteiger partial charge in [0.1, 0.15) is 18.0 Å². The highest BCUT2D eigenvalue weighted by atomic mass is 16.5. The van der Waals surface area contributed by atoms with E-state index in [9.17, 15) is 4.79 Å². The molecule has 1 N–H and O–H groups in total. The van der Waals surface area contributed by atoms with E-state index < -0.39 is 0 Å². The van der Waals surface area contributed by atoms with Crippen molar-refractivity contribution in [3.05, 3.63) is 54.0 Å².